The Morgan fingerprint density at radius 3 is 3.11 bits per heavy atom. The molecule has 1 heterocycles. The molecule has 1 aromatic heterocycles. The number of ether oxygens (including phenoxy) is 1. The molecule has 0 aliphatic rings. The maximum atomic E-state index is 13.0. The molecule has 1 aromatic carbocycles. The smallest absolute Gasteiger partial charge is 0.203 e. The van der Waals surface area contributed by atoms with E-state index in [-0.39, 0.29) is 5.82 Å². The third-order valence-electron chi connectivity index (χ3n) is 2.59. The van der Waals surface area contributed by atoms with Crippen LogP contribution in [-0.4, -0.2) is 23.3 Å². The second-order valence-corrected chi connectivity index (χ2v) is 3.92. The monoisotopic (exact) mass is 249 g/mol. The highest BCUT2D eigenvalue weighted by Crippen LogP contribution is 2.08. The first kappa shape index (κ1) is 12.6. The number of hydrogen-bond donors (Lipinski definition) is 1. The van der Waals surface area contributed by atoms with Gasteiger partial charge in [0.05, 0.1) is 6.61 Å². The van der Waals surface area contributed by atoms with Crippen molar-refractivity contribution in [3.8, 4) is 0 Å². The van der Waals surface area contributed by atoms with E-state index in [4.69, 9.17) is 4.74 Å². The van der Waals surface area contributed by atoms with E-state index in [0.29, 0.717) is 13.2 Å². The summed E-state index contributed by atoms with van der Waals surface area (Å²) in [5, 5.41) is 3.18. The van der Waals surface area contributed by atoms with E-state index in [1.807, 2.05) is 16.8 Å². The quantitative estimate of drug-likeness (QED) is 0.853. The number of nitrogens with one attached hydrogen (secondary N) is 1. The Morgan fingerprint density at radius 2 is 2.33 bits per heavy atom. The molecule has 0 radical (unpaired) electrons. The highest BCUT2D eigenvalue weighted by Gasteiger charge is 2.02. The van der Waals surface area contributed by atoms with Gasteiger partial charge in [-0.25, -0.2) is 9.37 Å². The van der Waals surface area contributed by atoms with Crippen molar-refractivity contribution in [2.75, 3.05) is 19.0 Å². The molecule has 0 saturated carbocycles. The van der Waals surface area contributed by atoms with Crippen molar-refractivity contribution in [2.45, 2.75) is 13.1 Å². The molecule has 1 N–H and O–H groups in total. The van der Waals surface area contributed by atoms with Crippen LogP contribution in [0.5, 0.6) is 0 Å². The molecule has 0 saturated heterocycles. The average molecular weight is 249 g/mol. The Bertz CT molecular complexity index is 498. The first-order valence-corrected chi connectivity index (χ1v) is 5.78. The van der Waals surface area contributed by atoms with E-state index in [1.165, 1.54) is 12.1 Å². The van der Waals surface area contributed by atoms with Crippen molar-refractivity contribution in [3.05, 3.63) is 48.0 Å². The van der Waals surface area contributed by atoms with Gasteiger partial charge < -0.3 is 14.6 Å². The Hall–Kier alpha value is -1.88. The standard InChI is InChI=1S/C13H16FN3O/c1-18-8-7-17-6-5-15-13(17)16-10-11-3-2-4-12(14)9-11/h2-6,9H,7-8,10H2,1H3,(H,15,16). The number of hydrogen-bond acceptors (Lipinski definition) is 3. The van der Waals surface area contributed by atoms with Gasteiger partial charge in [-0.3, -0.25) is 0 Å². The first-order chi connectivity index (χ1) is 8.79. The van der Waals surface area contributed by atoms with Crippen molar-refractivity contribution in [1.82, 2.24) is 9.55 Å². The Kier molecular flexibility index (Phi) is 4.30. The summed E-state index contributed by atoms with van der Waals surface area (Å²) in [6, 6.07) is 6.51. The van der Waals surface area contributed by atoms with Crippen LogP contribution < -0.4 is 5.32 Å². The SMILES string of the molecule is COCCn1ccnc1NCc1cccc(F)c1. The summed E-state index contributed by atoms with van der Waals surface area (Å²) in [5.74, 6) is 0.535. The molecule has 96 valence electrons. The predicted molar refractivity (Wildman–Crippen MR) is 67.8 cm³/mol. The van der Waals surface area contributed by atoms with Crippen molar-refractivity contribution >= 4 is 5.95 Å². The molecule has 0 aliphatic carbocycles. The number of nitrogens with zero attached hydrogens (tertiary/aromatic N) is 2. The second-order valence-electron chi connectivity index (χ2n) is 3.92. The normalized spacial score (nSPS) is 10.6. The van der Waals surface area contributed by atoms with Gasteiger partial charge in [0, 0.05) is 32.6 Å². The van der Waals surface area contributed by atoms with Gasteiger partial charge in [-0.2, -0.15) is 0 Å². The lowest BCUT2D eigenvalue weighted by Gasteiger charge is -2.09. The summed E-state index contributed by atoms with van der Waals surface area (Å²) in [4.78, 5) is 4.21. The fourth-order valence-electron chi connectivity index (χ4n) is 1.67. The van der Waals surface area contributed by atoms with Crippen molar-refractivity contribution in [2.24, 2.45) is 0 Å². The van der Waals surface area contributed by atoms with Gasteiger partial charge in [-0.1, -0.05) is 12.1 Å². The van der Waals surface area contributed by atoms with Gasteiger partial charge in [0.25, 0.3) is 0 Å². The molecule has 0 bridgehead atoms. The maximum absolute atomic E-state index is 13.0. The summed E-state index contributed by atoms with van der Waals surface area (Å²) < 4.78 is 20.0. The lowest BCUT2D eigenvalue weighted by molar-refractivity contribution is 0.187. The van der Waals surface area contributed by atoms with Gasteiger partial charge in [-0.05, 0) is 17.7 Å². The average Bonchev–Trinajstić information content (AvgIpc) is 2.81. The van der Waals surface area contributed by atoms with Crippen molar-refractivity contribution in [3.63, 3.8) is 0 Å². The second kappa shape index (κ2) is 6.16. The number of aromatic nitrogens is 2. The molecule has 2 rings (SSSR count). The molecule has 18 heavy (non-hydrogen) atoms. The maximum Gasteiger partial charge on any atom is 0.203 e. The molecule has 0 atom stereocenters. The zero-order chi connectivity index (χ0) is 12.8. The van der Waals surface area contributed by atoms with Gasteiger partial charge in [0.2, 0.25) is 5.95 Å². The third kappa shape index (κ3) is 3.30. The molecule has 0 unspecified atom stereocenters. The van der Waals surface area contributed by atoms with E-state index >= 15 is 0 Å². The molecule has 0 aliphatic heterocycles. The molecule has 5 heteroatoms. The minimum Gasteiger partial charge on any atom is -0.383 e. The minimum atomic E-state index is -0.225. The van der Waals surface area contributed by atoms with Crippen LogP contribution in [0.3, 0.4) is 0 Å². The molecule has 0 fully saturated rings. The highest BCUT2D eigenvalue weighted by molar-refractivity contribution is 5.29. The fourth-order valence-corrected chi connectivity index (χ4v) is 1.67. The van der Waals surface area contributed by atoms with Gasteiger partial charge in [-0.15, -0.1) is 0 Å². The van der Waals surface area contributed by atoms with Gasteiger partial charge >= 0.3 is 0 Å². The van der Waals surface area contributed by atoms with Gasteiger partial charge in [0.15, 0.2) is 0 Å². The highest BCUT2D eigenvalue weighted by atomic mass is 19.1. The van der Waals surface area contributed by atoms with E-state index in [9.17, 15) is 4.39 Å². The van der Waals surface area contributed by atoms with E-state index in [1.54, 1.807) is 19.4 Å². The summed E-state index contributed by atoms with van der Waals surface area (Å²) in [6.45, 7) is 1.91. The molecule has 2 aromatic rings. The van der Waals surface area contributed by atoms with Gasteiger partial charge in [0.1, 0.15) is 5.82 Å². The number of halogens is 1. The van der Waals surface area contributed by atoms with Crippen LogP contribution >= 0.6 is 0 Å². The van der Waals surface area contributed by atoms with Crippen molar-refractivity contribution in [1.29, 1.82) is 0 Å². The molecular weight excluding hydrogens is 233 g/mol. The van der Waals surface area contributed by atoms with E-state index < -0.39 is 0 Å². The number of benzene rings is 1. The number of imidazole rings is 1. The number of anilines is 1. The van der Waals surface area contributed by atoms with Crippen LogP contribution in [0.15, 0.2) is 36.7 Å². The molecule has 0 amide bonds. The lowest BCUT2D eigenvalue weighted by Crippen LogP contribution is -2.10. The van der Waals surface area contributed by atoms with E-state index in [0.717, 1.165) is 18.1 Å². The molecule has 4 nitrogen and oxygen atoms in total. The van der Waals surface area contributed by atoms with Crippen LogP contribution in [0.2, 0.25) is 0 Å². The van der Waals surface area contributed by atoms with Crippen LogP contribution in [0.1, 0.15) is 5.56 Å². The summed E-state index contributed by atoms with van der Waals surface area (Å²) in [7, 11) is 1.66. The minimum absolute atomic E-state index is 0.225. The Balaban J connectivity index is 1.95. The van der Waals surface area contributed by atoms with Crippen LogP contribution in [0.25, 0.3) is 0 Å². The topological polar surface area (TPSA) is 39.1 Å². The number of rotatable bonds is 6. The van der Waals surface area contributed by atoms with Crippen molar-refractivity contribution < 1.29 is 9.13 Å². The zero-order valence-corrected chi connectivity index (χ0v) is 10.3. The third-order valence-corrected chi connectivity index (χ3v) is 2.59. The Morgan fingerprint density at radius 1 is 1.44 bits per heavy atom. The summed E-state index contributed by atoms with van der Waals surface area (Å²) in [5.41, 5.74) is 0.885. The summed E-state index contributed by atoms with van der Waals surface area (Å²) in [6.07, 6.45) is 3.61. The number of methoxy groups -OCH3 is 1. The van der Waals surface area contributed by atoms with Crippen LogP contribution in [0.4, 0.5) is 10.3 Å². The van der Waals surface area contributed by atoms with Crippen LogP contribution in [0, 0.1) is 5.82 Å². The molecular formula is C13H16FN3O. The summed E-state index contributed by atoms with van der Waals surface area (Å²) >= 11 is 0. The fraction of sp³-hybridized carbons (Fsp3) is 0.308. The van der Waals surface area contributed by atoms with Crippen LogP contribution in [-0.2, 0) is 17.8 Å². The first-order valence-electron chi connectivity index (χ1n) is 5.78. The Labute approximate surface area is 105 Å². The lowest BCUT2D eigenvalue weighted by atomic mass is 10.2. The molecule has 0 spiro atoms. The largest absolute Gasteiger partial charge is 0.383 e. The van der Waals surface area contributed by atoms with E-state index in [2.05, 4.69) is 10.3 Å². The predicted octanol–water partition coefficient (Wildman–Crippen LogP) is 2.28. The zero-order valence-electron chi connectivity index (χ0n) is 10.3.